The number of hydrogen-bond donors (Lipinski definition) is 2. The zero-order valence-corrected chi connectivity index (χ0v) is 13.3. The van der Waals surface area contributed by atoms with Crippen molar-refractivity contribution in [3.63, 3.8) is 0 Å². The molecular formula is C13H15ClN2O5S. The van der Waals surface area contributed by atoms with E-state index in [1.807, 2.05) is 0 Å². The van der Waals surface area contributed by atoms with E-state index >= 15 is 0 Å². The molecule has 0 aliphatic rings. The Hall–Kier alpha value is -1.90. The molecule has 0 aliphatic carbocycles. The summed E-state index contributed by atoms with van der Waals surface area (Å²) in [6.07, 6.45) is 0. The lowest BCUT2D eigenvalue weighted by atomic mass is 10.3. The van der Waals surface area contributed by atoms with Gasteiger partial charge in [0.05, 0.1) is 4.90 Å². The lowest BCUT2D eigenvalue weighted by Crippen LogP contribution is -2.30. The molecule has 1 aromatic carbocycles. The van der Waals surface area contributed by atoms with Crippen molar-refractivity contribution in [1.82, 2.24) is 4.72 Å². The van der Waals surface area contributed by atoms with E-state index in [0.717, 1.165) is 0 Å². The summed E-state index contributed by atoms with van der Waals surface area (Å²) in [4.78, 5) is 22.1. The van der Waals surface area contributed by atoms with Crippen LogP contribution in [0.2, 0.25) is 0 Å². The summed E-state index contributed by atoms with van der Waals surface area (Å²) in [7, 11) is -3.86. The van der Waals surface area contributed by atoms with Gasteiger partial charge in [0.2, 0.25) is 15.9 Å². The van der Waals surface area contributed by atoms with Gasteiger partial charge in [-0.05, 0) is 24.3 Å². The first-order valence-corrected chi connectivity index (χ1v) is 7.93. The minimum absolute atomic E-state index is 0.0452. The summed E-state index contributed by atoms with van der Waals surface area (Å²) < 4.78 is 30.7. The van der Waals surface area contributed by atoms with Crippen LogP contribution < -0.4 is 10.0 Å². The van der Waals surface area contributed by atoms with E-state index in [0.29, 0.717) is 5.69 Å². The van der Waals surface area contributed by atoms with Crippen LogP contribution in [0.1, 0.15) is 6.92 Å². The van der Waals surface area contributed by atoms with E-state index in [1.165, 1.54) is 31.2 Å². The third-order valence-corrected chi connectivity index (χ3v) is 3.81. The van der Waals surface area contributed by atoms with Gasteiger partial charge in [-0.15, -0.1) is 0 Å². The van der Waals surface area contributed by atoms with Crippen LogP contribution in [0.25, 0.3) is 0 Å². The monoisotopic (exact) mass is 346 g/mol. The molecule has 120 valence electrons. The maximum atomic E-state index is 12.0. The second-order valence-corrected chi connectivity index (χ2v) is 6.51. The van der Waals surface area contributed by atoms with Gasteiger partial charge in [0.15, 0.2) is 0 Å². The maximum absolute atomic E-state index is 12.0. The van der Waals surface area contributed by atoms with Crippen LogP contribution >= 0.6 is 11.6 Å². The molecule has 2 N–H and O–H groups in total. The summed E-state index contributed by atoms with van der Waals surface area (Å²) >= 11 is 5.42. The number of esters is 1. The van der Waals surface area contributed by atoms with E-state index in [2.05, 4.69) is 21.4 Å². The first kappa shape index (κ1) is 18.1. The molecule has 0 atom stereocenters. The summed E-state index contributed by atoms with van der Waals surface area (Å²) in [5.41, 5.74) is 0.464. The van der Waals surface area contributed by atoms with Gasteiger partial charge in [0.25, 0.3) is 0 Å². The molecule has 0 radical (unpaired) electrons. The number of amides is 1. The number of hydrogen-bond acceptors (Lipinski definition) is 5. The smallest absolute Gasteiger partial charge is 0.321 e. The SMILES string of the molecule is C=C(Cl)COC(=O)CNS(=O)(=O)c1ccc(NC(C)=O)cc1. The molecule has 0 saturated carbocycles. The second kappa shape index (κ2) is 7.92. The Morgan fingerprint density at radius 2 is 1.86 bits per heavy atom. The Bertz CT molecular complexity index is 670. The van der Waals surface area contributed by atoms with Gasteiger partial charge in [-0.25, -0.2) is 8.42 Å². The molecule has 0 aliphatic heterocycles. The van der Waals surface area contributed by atoms with Crippen LogP contribution in [-0.2, 0) is 24.3 Å². The fourth-order valence-corrected chi connectivity index (χ4v) is 2.39. The van der Waals surface area contributed by atoms with Crippen LogP contribution in [0.5, 0.6) is 0 Å². The average Bonchev–Trinajstić information content (AvgIpc) is 2.43. The Morgan fingerprint density at radius 1 is 1.27 bits per heavy atom. The molecule has 0 saturated heterocycles. The average molecular weight is 347 g/mol. The fourth-order valence-electron chi connectivity index (χ4n) is 1.37. The van der Waals surface area contributed by atoms with Crippen molar-refractivity contribution in [2.75, 3.05) is 18.5 Å². The molecule has 7 nitrogen and oxygen atoms in total. The molecule has 0 unspecified atom stereocenters. The number of carbonyl (C=O) groups is 2. The lowest BCUT2D eigenvalue weighted by molar-refractivity contribution is -0.141. The molecule has 22 heavy (non-hydrogen) atoms. The molecule has 0 aromatic heterocycles. The Labute approximate surface area is 133 Å². The van der Waals surface area contributed by atoms with Gasteiger partial charge in [-0.1, -0.05) is 18.2 Å². The van der Waals surface area contributed by atoms with Crippen LogP contribution in [0.3, 0.4) is 0 Å². The normalized spacial score (nSPS) is 10.8. The van der Waals surface area contributed by atoms with Crippen molar-refractivity contribution in [2.45, 2.75) is 11.8 Å². The summed E-state index contributed by atoms with van der Waals surface area (Å²) in [5.74, 6) is -1.04. The highest BCUT2D eigenvalue weighted by Crippen LogP contribution is 2.13. The van der Waals surface area contributed by atoms with Crippen molar-refractivity contribution in [3.05, 3.63) is 35.9 Å². The molecule has 1 aromatic rings. The Balaban J connectivity index is 2.64. The van der Waals surface area contributed by atoms with E-state index in [9.17, 15) is 18.0 Å². The highest BCUT2D eigenvalue weighted by molar-refractivity contribution is 7.89. The number of rotatable bonds is 7. The number of ether oxygens (including phenoxy) is 1. The van der Waals surface area contributed by atoms with Gasteiger partial charge in [0.1, 0.15) is 13.2 Å². The molecule has 9 heteroatoms. The molecule has 1 rings (SSSR count). The van der Waals surface area contributed by atoms with E-state index in [1.54, 1.807) is 0 Å². The molecule has 0 spiro atoms. The van der Waals surface area contributed by atoms with Gasteiger partial charge < -0.3 is 10.1 Å². The minimum Gasteiger partial charge on any atom is -0.459 e. The lowest BCUT2D eigenvalue weighted by Gasteiger charge is -2.08. The zero-order chi connectivity index (χ0) is 16.8. The van der Waals surface area contributed by atoms with Gasteiger partial charge >= 0.3 is 5.97 Å². The van der Waals surface area contributed by atoms with Crippen molar-refractivity contribution in [3.8, 4) is 0 Å². The molecule has 0 bridgehead atoms. The van der Waals surface area contributed by atoms with Gasteiger partial charge in [0, 0.05) is 17.6 Å². The topological polar surface area (TPSA) is 102 Å². The van der Waals surface area contributed by atoms with Gasteiger partial charge in [-0.3, -0.25) is 9.59 Å². The standard InChI is InChI=1S/C13H15ClN2O5S/c1-9(14)8-21-13(18)7-15-22(19,20)12-5-3-11(4-6-12)16-10(2)17/h3-6,15H,1,7-8H2,2H3,(H,16,17). The second-order valence-electron chi connectivity index (χ2n) is 4.21. The highest BCUT2D eigenvalue weighted by atomic mass is 35.5. The molecule has 0 heterocycles. The molecular weight excluding hydrogens is 332 g/mol. The van der Waals surface area contributed by atoms with E-state index < -0.39 is 22.5 Å². The van der Waals surface area contributed by atoms with E-state index in [4.69, 9.17) is 11.6 Å². The predicted molar refractivity (Wildman–Crippen MR) is 81.9 cm³/mol. The molecule has 1 amide bonds. The largest absolute Gasteiger partial charge is 0.459 e. The van der Waals surface area contributed by atoms with Gasteiger partial charge in [-0.2, -0.15) is 4.72 Å². The number of nitrogens with one attached hydrogen (secondary N) is 2. The van der Waals surface area contributed by atoms with Crippen LogP contribution in [0.4, 0.5) is 5.69 Å². The fraction of sp³-hybridized carbons (Fsp3) is 0.231. The first-order chi connectivity index (χ1) is 10.2. The summed E-state index contributed by atoms with van der Waals surface area (Å²) in [6.45, 7) is 3.96. The summed E-state index contributed by atoms with van der Waals surface area (Å²) in [5, 5.41) is 2.64. The van der Waals surface area contributed by atoms with Crippen LogP contribution in [0, 0.1) is 0 Å². The molecule has 0 fully saturated rings. The highest BCUT2D eigenvalue weighted by Gasteiger charge is 2.16. The third-order valence-electron chi connectivity index (χ3n) is 2.28. The van der Waals surface area contributed by atoms with Crippen LogP contribution in [-0.4, -0.2) is 33.4 Å². The summed E-state index contributed by atoms with van der Waals surface area (Å²) in [6, 6.07) is 5.48. The van der Waals surface area contributed by atoms with E-state index in [-0.39, 0.29) is 22.4 Å². The number of anilines is 1. The van der Waals surface area contributed by atoms with Crippen LogP contribution in [0.15, 0.2) is 40.8 Å². The predicted octanol–water partition coefficient (Wildman–Crippen LogP) is 1.22. The van der Waals surface area contributed by atoms with Crippen molar-refractivity contribution < 1.29 is 22.7 Å². The number of carbonyl (C=O) groups excluding carboxylic acids is 2. The quantitative estimate of drug-likeness (QED) is 0.723. The number of halogens is 1. The van der Waals surface area contributed by atoms with Crippen molar-refractivity contribution >= 4 is 39.2 Å². The first-order valence-electron chi connectivity index (χ1n) is 6.07. The Morgan fingerprint density at radius 3 is 2.36 bits per heavy atom. The minimum atomic E-state index is -3.86. The zero-order valence-electron chi connectivity index (χ0n) is 11.8. The Kier molecular flexibility index (Phi) is 6.54. The number of sulfonamides is 1. The number of benzene rings is 1. The third kappa shape index (κ3) is 6.25. The van der Waals surface area contributed by atoms with Crippen molar-refractivity contribution in [2.24, 2.45) is 0 Å². The maximum Gasteiger partial charge on any atom is 0.321 e. The van der Waals surface area contributed by atoms with Crippen molar-refractivity contribution in [1.29, 1.82) is 0 Å².